The van der Waals surface area contributed by atoms with Gasteiger partial charge in [0.05, 0.1) is 16.6 Å². The van der Waals surface area contributed by atoms with Crippen molar-refractivity contribution in [1.82, 2.24) is 4.98 Å². The summed E-state index contributed by atoms with van der Waals surface area (Å²) in [6, 6.07) is 7.43. The predicted molar refractivity (Wildman–Crippen MR) is 73.7 cm³/mol. The fraction of sp³-hybridized carbons (Fsp3) is 0.250. The molecule has 6 heteroatoms. The van der Waals surface area contributed by atoms with Crippen LogP contribution in [0.2, 0.25) is 0 Å². The highest BCUT2D eigenvalue weighted by molar-refractivity contribution is 9.11. The summed E-state index contributed by atoms with van der Waals surface area (Å²) in [6.45, 7) is 1.08. The van der Waals surface area contributed by atoms with E-state index in [0.717, 1.165) is 9.54 Å². The van der Waals surface area contributed by atoms with E-state index in [0.29, 0.717) is 24.2 Å². The van der Waals surface area contributed by atoms with E-state index in [1.165, 1.54) is 11.3 Å². The van der Waals surface area contributed by atoms with E-state index in [1.54, 1.807) is 13.3 Å². The Hall–Kier alpha value is -1.11. The lowest BCUT2D eigenvalue weighted by Crippen LogP contribution is -2.04. The van der Waals surface area contributed by atoms with Crippen LogP contribution < -0.4 is 9.47 Å². The van der Waals surface area contributed by atoms with Gasteiger partial charge in [0.15, 0.2) is 0 Å². The normalized spacial score (nSPS) is 10.3. The van der Waals surface area contributed by atoms with Crippen LogP contribution in [0.1, 0.15) is 0 Å². The Morgan fingerprint density at radius 2 is 2.11 bits per heavy atom. The third kappa shape index (κ3) is 3.97. The number of hydrogen-bond donors (Lipinski definition) is 0. The smallest absolute Gasteiger partial charge is 0.279 e. The number of benzene rings is 1. The maximum Gasteiger partial charge on any atom is 0.279 e. The summed E-state index contributed by atoms with van der Waals surface area (Å²) in [6.07, 6.45) is 1.71. The minimum absolute atomic E-state index is 0.517. The standard InChI is InChI=1S/C12H12BrNO3S/c1-15-5-6-16-9-3-2-4-10(7-9)17-12-14-8-11(13)18-12/h2-4,7-8H,5-6H2,1H3. The highest BCUT2D eigenvalue weighted by Crippen LogP contribution is 2.30. The van der Waals surface area contributed by atoms with Crippen LogP contribution in [0.3, 0.4) is 0 Å². The Morgan fingerprint density at radius 1 is 1.28 bits per heavy atom. The molecule has 0 saturated carbocycles. The van der Waals surface area contributed by atoms with Crippen molar-refractivity contribution < 1.29 is 14.2 Å². The molecule has 0 bridgehead atoms. The molecule has 0 amide bonds. The van der Waals surface area contributed by atoms with Gasteiger partial charge in [0.1, 0.15) is 18.1 Å². The first-order valence-corrected chi connectivity index (χ1v) is 6.90. The molecule has 1 aromatic heterocycles. The van der Waals surface area contributed by atoms with E-state index in [-0.39, 0.29) is 0 Å². The monoisotopic (exact) mass is 329 g/mol. The van der Waals surface area contributed by atoms with E-state index in [9.17, 15) is 0 Å². The Labute approximate surface area is 118 Å². The second-order valence-electron chi connectivity index (χ2n) is 3.35. The second kappa shape index (κ2) is 6.72. The number of thiazole rings is 1. The summed E-state index contributed by atoms with van der Waals surface area (Å²) < 4.78 is 17.0. The maximum absolute atomic E-state index is 5.61. The van der Waals surface area contributed by atoms with Gasteiger partial charge >= 0.3 is 0 Å². The molecule has 96 valence electrons. The SMILES string of the molecule is COCCOc1cccc(Oc2ncc(Br)s2)c1. The van der Waals surface area contributed by atoms with Crippen LogP contribution in [0.15, 0.2) is 34.2 Å². The first-order chi connectivity index (χ1) is 8.78. The molecular weight excluding hydrogens is 318 g/mol. The summed E-state index contributed by atoms with van der Waals surface area (Å²) in [7, 11) is 1.64. The molecule has 0 aliphatic carbocycles. The van der Waals surface area contributed by atoms with E-state index >= 15 is 0 Å². The second-order valence-corrected chi connectivity index (χ2v) is 5.72. The van der Waals surface area contributed by atoms with E-state index in [2.05, 4.69) is 20.9 Å². The van der Waals surface area contributed by atoms with Gasteiger partial charge in [0.2, 0.25) is 0 Å². The third-order valence-electron chi connectivity index (χ3n) is 2.02. The van der Waals surface area contributed by atoms with Crippen molar-refractivity contribution in [1.29, 1.82) is 0 Å². The molecule has 0 N–H and O–H groups in total. The van der Waals surface area contributed by atoms with Gasteiger partial charge in [-0.1, -0.05) is 17.4 Å². The Bertz CT molecular complexity index is 504. The lowest BCUT2D eigenvalue weighted by atomic mass is 10.3. The van der Waals surface area contributed by atoms with Gasteiger partial charge in [-0.2, -0.15) is 0 Å². The van der Waals surface area contributed by atoms with Crippen molar-refractivity contribution in [2.45, 2.75) is 0 Å². The lowest BCUT2D eigenvalue weighted by Gasteiger charge is -2.07. The molecule has 2 rings (SSSR count). The number of hydrogen-bond acceptors (Lipinski definition) is 5. The zero-order valence-electron chi connectivity index (χ0n) is 9.76. The van der Waals surface area contributed by atoms with Gasteiger partial charge < -0.3 is 14.2 Å². The molecule has 0 fully saturated rings. The molecule has 1 heterocycles. The third-order valence-corrected chi connectivity index (χ3v) is 3.38. The molecule has 0 aliphatic heterocycles. The molecule has 0 atom stereocenters. The molecule has 0 radical (unpaired) electrons. The number of rotatable bonds is 6. The minimum atomic E-state index is 0.517. The molecule has 4 nitrogen and oxygen atoms in total. The van der Waals surface area contributed by atoms with Crippen LogP contribution >= 0.6 is 27.3 Å². The molecule has 0 saturated heterocycles. The van der Waals surface area contributed by atoms with Crippen LogP contribution in [0.25, 0.3) is 0 Å². The first kappa shape index (κ1) is 13.3. The van der Waals surface area contributed by atoms with Crippen molar-refractivity contribution in [3.05, 3.63) is 34.2 Å². The molecule has 2 aromatic rings. The van der Waals surface area contributed by atoms with E-state index < -0.39 is 0 Å². The number of halogens is 1. The molecular formula is C12H12BrNO3S. The zero-order chi connectivity index (χ0) is 12.8. The summed E-state index contributed by atoms with van der Waals surface area (Å²) in [5.74, 6) is 1.45. The van der Waals surface area contributed by atoms with Crippen molar-refractivity contribution >= 4 is 27.3 Å². The molecule has 0 aliphatic rings. The van der Waals surface area contributed by atoms with Gasteiger partial charge in [-0.15, -0.1) is 0 Å². The van der Waals surface area contributed by atoms with E-state index in [4.69, 9.17) is 14.2 Å². The van der Waals surface area contributed by atoms with Gasteiger partial charge in [0.25, 0.3) is 5.19 Å². The van der Waals surface area contributed by atoms with Crippen molar-refractivity contribution in [2.24, 2.45) is 0 Å². The average molecular weight is 330 g/mol. The molecule has 1 aromatic carbocycles. The highest BCUT2D eigenvalue weighted by Gasteiger charge is 2.03. The van der Waals surface area contributed by atoms with Crippen LogP contribution in [-0.4, -0.2) is 25.3 Å². The maximum atomic E-state index is 5.61. The van der Waals surface area contributed by atoms with Gasteiger partial charge in [0, 0.05) is 13.2 Å². The summed E-state index contributed by atoms with van der Waals surface area (Å²) in [5, 5.41) is 0.593. The molecule has 0 unspecified atom stereocenters. The van der Waals surface area contributed by atoms with Gasteiger partial charge in [-0.25, -0.2) is 4.98 Å². The largest absolute Gasteiger partial charge is 0.491 e. The van der Waals surface area contributed by atoms with Gasteiger partial charge in [-0.05, 0) is 28.1 Å². The molecule has 18 heavy (non-hydrogen) atoms. The first-order valence-electron chi connectivity index (χ1n) is 5.29. The lowest BCUT2D eigenvalue weighted by molar-refractivity contribution is 0.146. The van der Waals surface area contributed by atoms with Crippen LogP contribution in [0.4, 0.5) is 0 Å². The number of ether oxygens (including phenoxy) is 3. The van der Waals surface area contributed by atoms with Crippen molar-refractivity contribution in [3.63, 3.8) is 0 Å². The van der Waals surface area contributed by atoms with Gasteiger partial charge in [-0.3, -0.25) is 0 Å². The summed E-state index contributed by atoms with van der Waals surface area (Å²) in [4.78, 5) is 4.10. The van der Waals surface area contributed by atoms with E-state index in [1.807, 2.05) is 24.3 Å². The number of nitrogens with zero attached hydrogens (tertiary/aromatic N) is 1. The zero-order valence-corrected chi connectivity index (χ0v) is 12.2. The Kier molecular flexibility index (Phi) is 4.98. The van der Waals surface area contributed by atoms with Crippen LogP contribution in [0, 0.1) is 0 Å². The topological polar surface area (TPSA) is 40.6 Å². The van der Waals surface area contributed by atoms with Crippen LogP contribution in [0.5, 0.6) is 16.7 Å². The molecule has 0 spiro atoms. The Balaban J connectivity index is 1.98. The summed E-state index contributed by atoms with van der Waals surface area (Å²) >= 11 is 4.77. The minimum Gasteiger partial charge on any atom is -0.491 e. The fourth-order valence-corrected chi connectivity index (χ4v) is 2.29. The average Bonchev–Trinajstić information content (AvgIpc) is 2.76. The highest BCUT2D eigenvalue weighted by atomic mass is 79.9. The fourth-order valence-electron chi connectivity index (χ4n) is 1.26. The van der Waals surface area contributed by atoms with Crippen LogP contribution in [-0.2, 0) is 4.74 Å². The van der Waals surface area contributed by atoms with Crippen molar-refractivity contribution in [3.8, 4) is 16.7 Å². The Morgan fingerprint density at radius 3 is 2.83 bits per heavy atom. The van der Waals surface area contributed by atoms with Crippen molar-refractivity contribution in [2.75, 3.05) is 20.3 Å². The predicted octanol–water partition coefficient (Wildman–Crippen LogP) is 3.72. The number of methoxy groups -OCH3 is 1. The number of aromatic nitrogens is 1. The quantitative estimate of drug-likeness (QED) is 0.757. The summed E-state index contributed by atoms with van der Waals surface area (Å²) in [5.41, 5.74) is 0.